The van der Waals surface area contributed by atoms with Crippen molar-refractivity contribution in [3.63, 3.8) is 0 Å². The van der Waals surface area contributed by atoms with E-state index in [9.17, 15) is 0 Å². The Hall–Kier alpha value is -0.410. The number of rotatable bonds is 7. The lowest BCUT2D eigenvalue weighted by atomic mass is 9.89. The van der Waals surface area contributed by atoms with Gasteiger partial charge in [-0.1, -0.05) is 26.7 Å². The molecule has 0 saturated carbocycles. The molecule has 16 heavy (non-hydrogen) atoms. The van der Waals surface area contributed by atoms with Crippen LogP contribution in [-0.4, -0.2) is 11.0 Å². The highest BCUT2D eigenvalue weighted by atomic mass is 32.1. The fraction of sp³-hybridized carbons (Fsp3) is 0.769. The Bertz CT molecular complexity index is 290. The Kier molecular flexibility index (Phi) is 5.99. The predicted molar refractivity (Wildman–Crippen MR) is 71.8 cm³/mol. The van der Waals surface area contributed by atoms with E-state index in [1.807, 2.05) is 6.92 Å². The molecule has 0 aliphatic carbocycles. The number of nitrogens with zero attached hydrogens (tertiary/aromatic N) is 1. The summed E-state index contributed by atoms with van der Waals surface area (Å²) in [6.07, 6.45) is 5.91. The van der Waals surface area contributed by atoms with Crippen LogP contribution in [0.3, 0.4) is 0 Å². The van der Waals surface area contributed by atoms with Crippen molar-refractivity contribution in [1.29, 1.82) is 0 Å². The SMILES string of the molecule is CCCC(CCC)C(N)Cc1nc(C)cs1. The van der Waals surface area contributed by atoms with E-state index in [4.69, 9.17) is 5.73 Å². The van der Waals surface area contributed by atoms with E-state index in [0.717, 1.165) is 12.1 Å². The Morgan fingerprint density at radius 3 is 2.38 bits per heavy atom. The standard InChI is InChI=1S/C13H24N2S/c1-4-6-11(7-5-2)12(14)8-13-15-10(3)9-16-13/h9,11-12H,4-8,14H2,1-3H3. The third-order valence-corrected chi connectivity index (χ3v) is 3.99. The quantitative estimate of drug-likeness (QED) is 0.791. The molecule has 0 radical (unpaired) electrons. The van der Waals surface area contributed by atoms with Crippen molar-refractivity contribution in [2.45, 2.75) is 58.9 Å². The average Bonchev–Trinajstić information content (AvgIpc) is 2.63. The van der Waals surface area contributed by atoms with Crippen molar-refractivity contribution in [1.82, 2.24) is 4.98 Å². The third-order valence-electron chi connectivity index (χ3n) is 3.00. The van der Waals surface area contributed by atoms with Gasteiger partial charge in [0.25, 0.3) is 0 Å². The lowest BCUT2D eigenvalue weighted by Gasteiger charge is -2.22. The molecule has 0 fully saturated rings. The Balaban J connectivity index is 2.50. The van der Waals surface area contributed by atoms with Gasteiger partial charge in [-0.15, -0.1) is 11.3 Å². The van der Waals surface area contributed by atoms with Crippen LogP contribution >= 0.6 is 11.3 Å². The van der Waals surface area contributed by atoms with Gasteiger partial charge in [0.1, 0.15) is 0 Å². The van der Waals surface area contributed by atoms with Gasteiger partial charge in [0.2, 0.25) is 0 Å². The summed E-state index contributed by atoms with van der Waals surface area (Å²) < 4.78 is 0. The Morgan fingerprint density at radius 1 is 1.31 bits per heavy atom. The minimum absolute atomic E-state index is 0.283. The molecule has 2 N–H and O–H groups in total. The van der Waals surface area contributed by atoms with Gasteiger partial charge in [-0.3, -0.25) is 0 Å². The molecule has 1 atom stereocenters. The molecule has 92 valence electrons. The summed E-state index contributed by atoms with van der Waals surface area (Å²) in [7, 11) is 0. The number of thiazole rings is 1. The van der Waals surface area contributed by atoms with Crippen molar-refractivity contribution in [2.24, 2.45) is 11.7 Å². The van der Waals surface area contributed by atoms with Crippen LogP contribution in [-0.2, 0) is 6.42 Å². The summed E-state index contributed by atoms with van der Waals surface area (Å²) in [5.74, 6) is 0.666. The van der Waals surface area contributed by atoms with Gasteiger partial charge in [0, 0.05) is 23.5 Å². The van der Waals surface area contributed by atoms with E-state index in [0.29, 0.717) is 5.92 Å². The molecule has 0 aliphatic heterocycles. The maximum absolute atomic E-state index is 6.30. The minimum Gasteiger partial charge on any atom is -0.327 e. The monoisotopic (exact) mass is 240 g/mol. The molecule has 0 amide bonds. The van der Waals surface area contributed by atoms with Gasteiger partial charge in [-0.2, -0.15) is 0 Å². The lowest BCUT2D eigenvalue weighted by molar-refractivity contribution is 0.359. The molecule has 1 aromatic rings. The molecule has 1 rings (SSSR count). The summed E-state index contributed by atoms with van der Waals surface area (Å²) >= 11 is 1.74. The summed E-state index contributed by atoms with van der Waals surface area (Å²) in [5, 5.41) is 3.30. The van der Waals surface area contributed by atoms with Crippen LogP contribution in [0.15, 0.2) is 5.38 Å². The first-order valence-corrected chi connectivity index (χ1v) is 7.21. The smallest absolute Gasteiger partial charge is 0.0943 e. The second-order valence-corrected chi connectivity index (χ2v) is 5.53. The normalized spacial score (nSPS) is 13.3. The van der Waals surface area contributed by atoms with E-state index in [-0.39, 0.29) is 6.04 Å². The molecule has 0 aliphatic rings. The van der Waals surface area contributed by atoms with Gasteiger partial charge >= 0.3 is 0 Å². The summed E-state index contributed by atoms with van der Waals surface area (Å²) in [6, 6.07) is 0.283. The third kappa shape index (κ3) is 4.22. The fourth-order valence-electron chi connectivity index (χ4n) is 2.18. The van der Waals surface area contributed by atoms with Crippen LogP contribution in [0.25, 0.3) is 0 Å². The van der Waals surface area contributed by atoms with Crippen LogP contribution < -0.4 is 5.73 Å². The van der Waals surface area contributed by atoms with E-state index in [1.165, 1.54) is 30.7 Å². The van der Waals surface area contributed by atoms with Crippen LogP contribution in [0.2, 0.25) is 0 Å². The highest BCUT2D eigenvalue weighted by Gasteiger charge is 2.17. The molecule has 1 aromatic heterocycles. The topological polar surface area (TPSA) is 38.9 Å². The van der Waals surface area contributed by atoms with Gasteiger partial charge in [-0.25, -0.2) is 4.98 Å². The summed E-state index contributed by atoms with van der Waals surface area (Å²) in [4.78, 5) is 4.49. The highest BCUT2D eigenvalue weighted by Crippen LogP contribution is 2.20. The Labute approximate surface area is 103 Å². The van der Waals surface area contributed by atoms with Crippen molar-refractivity contribution in [3.8, 4) is 0 Å². The van der Waals surface area contributed by atoms with Gasteiger partial charge < -0.3 is 5.73 Å². The number of nitrogens with two attached hydrogens (primary N) is 1. The van der Waals surface area contributed by atoms with Gasteiger partial charge in [0.05, 0.1) is 5.01 Å². The summed E-state index contributed by atoms with van der Waals surface area (Å²) in [5.41, 5.74) is 7.42. The first-order valence-electron chi connectivity index (χ1n) is 6.33. The molecule has 1 unspecified atom stereocenters. The average molecular weight is 240 g/mol. The molecule has 0 aromatic carbocycles. The second kappa shape index (κ2) is 7.02. The number of hydrogen-bond donors (Lipinski definition) is 1. The van der Waals surface area contributed by atoms with E-state index < -0.39 is 0 Å². The zero-order chi connectivity index (χ0) is 12.0. The number of aromatic nitrogens is 1. The first-order chi connectivity index (χ1) is 7.67. The molecular formula is C13H24N2S. The van der Waals surface area contributed by atoms with Crippen molar-refractivity contribution in [2.75, 3.05) is 0 Å². The molecule has 0 bridgehead atoms. The van der Waals surface area contributed by atoms with Crippen LogP contribution in [0.1, 0.15) is 50.2 Å². The number of aryl methyl sites for hydroxylation is 1. The van der Waals surface area contributed by atoms with Gasteiger partial charge in [-0.05, 0) is 25.7 Å². The maximum atomic E-state index is 6.30. The molecule has 0 spiro atoms. The first kappa shape index (κ1) is 13.7. The molecule has 1 heterocycles. The second-order valence-electron chi connectivity index (χ2n) is 4.59. The predicted octanol–water partition coefficient (Wildman–Crippen LogP) is 3.54. The van der Waals surface area contributed by atoms with Crippen molar-refractivity contribution >= 4 is 11.3 Å². The molecule has 2 nitrogen and oxygen atoms in total. The molecule has 3 heteroatoms. The van der Waals surface area contributed by atoms with Crippen molar-refractivity contribution < 1.29 is 0 Å². The molecular weight excluding hydrogens is 216 g/mol. The Morgan fingerprint density at radius 2 is 1.94 bits per heavy atom. The maximum Gasteiger partial charge on any atom is 0.0943 e. The highest BCUT2D eigenvalue weighted by molar-refractivity contribution is 7.09. The van der Waals surface area contributed by atoms with E-state index in [1.54, 1.807) is 11.3 Å². The van der Waals surface area contributed by atoms with Gasteiger partial charge in [0.15, 0.2) is 0 Å². The van der Waals surface area contributed by atoms with E-state index >= 15 is 0 Å². The van der Waals surface area contributed by atoms with Crippen molar-refractivity contribution in [3.05, 3.63) is 16.1 Å². The fourth-order valence-corrected chi connectivity index (χ4v) is 3.02. The lowest BCUT2D eigenvalue weighted by Crippen LogP contribution is -2.32. The van der Waals surface area contributed by atoms with E-state index in [2.05, 4.69) is 24.2 Å². The zero-order valence-corrected chi connectivity index (χ0v) is 11.5. The van der Waals surface area contributed by atoms with Crippen LogP contribution in [0.4, 0.5) is 0 Å². The van der Waals surface area contributed by atoms with Crippen LogP contribution in [0, 0.1) is 12.8 Å². The zero-order valence-electron chi connectivity index (χ0n) is 10.7. The number of hydrogen-bond acceptors (Lipinski definition) is 3. The van der Waals surface area contributed by atoms with Crippen LogP contribution in [0.5, 0.6) is 0 Å². The minimum atomic E-state index is 0.283. The largest absolute Gasteiger partial charge is 0.327 e. The summed E-state index contributed by atoms with van der Waals surface area (Å²) in [6.45, 7) is 6.52. The molecule has 0 saturated heterocycles.